The van der Waals surface area contributed by atoms with Crippen molar-refractivity contribution in [1.82, 2.24) is 10.2 Å². The van der Waals surface area contributed by atoms with Gasteiger partial charge >= 0.3 is 6.09 Å². The number of hydrogen-bond donors (Lipinski definition) is 3. The van der Waals surface area contributed by atoms with Gasteiger partial charge in [0.1, 0.15) is 23.8 Å². The molecule has 0 saturated carbocycles. The highest BCUT2D eigenvalue weighted by Crippen LogP contribution is 2.39. The van der Waals surface area contributed by atoms with Crippen LogP contribution in [0.15, 0.2) is 60.7 Å². The lowest BCUT2D eigenvalue weighted by atomic mass is 9.78. The first-order valence-corrected chi connectivity index (χ1v) is 13.6. The number of benzene rings is 2. The summed E-state index contributed by atoms with van der Waals surface area (Å²) in [6.45, 7) is 4.20. The van der Waals surface area contributed by atoms with Gasteiger partial charge < -0.3 is 24.4 Å². The van der Waals surface area contributed by atoms with Gasteiger partial charge in [-0.25, -0.2) is 10.0 Å². The lowest BCUT2D eigenvalue weighted by molar-refractivity contribution is -0.825. The Morgan fingerprint density at radius 2 is 1.95 bits per heavy atom. The Labute approximate surface area is 234 Å². The van der Waals surface area contributed by atoms with Crippen LogP contribution in [0.3, 0.4) is 0 Å². The molecule has 0 radical (unpaired) electrons. The van der Waals surface area contributed by atoms with Gasteiger partial charge in [-0.2, -0.15) is 5.48 Å². The van der Waals surface area contributed by atoms with Crippen molar-refractivity contribution in [3.8, 4) is 11.5 Å². The van der Waals surface area contributed by atoms with E-state index in [1.165, 1.54) is 0 Å². The molecular weight excluding hydrogens is 512 g/mol. The Kier molecular flexibility index (Phi) is 7.99. The molecule has 2 aromatic carbocycles. The topological polar surface area (TPSA) is 117 Å². The third-order valence-corrected chi connectivity index (χ3v) is 8.27. The van der Waals surface area contributed by atoms with Crippen LogP contribution in [-0.4, -0.2) is 67.6 Å². The molecular formula is C30H37N4O6+. The Morgan fingerprint density at radius 1 is 1.15 bits per heavy atom. The summed E-state index contributed by atoms with van der Waals surface area (Å²) < 4.78 is 16.2. The molecule has 2 heterocycles. The Balaban J connectivity index is 1.24. The summed E-state index contributed by atoms with van der Waals surface area (Å²) in [6.07, 6.45) is 9.52. The van der Waals surface area contributed by atoms with E-state index in [2.05, 4.69) is 29.3 Å². The number of piperidine rings is 1. The lowest BCUT2D eigenvalue weighted by Crippen LogP contribution is -2.74. The smallest absolute Gasteiger partial charge is 0.410 e. The number of cyclic esters (lactones) is 1. The second-order valence-corrected chi connectivity index (χ2v) is 10.5. The van der Waals surface area contributed by atoms with E-state index in [-0.39, 0.29) is 30.5 Å². The Morgan fingerprint density at radius 3 is 2.67 bits per heavy atom. The summed E-state index contributed by atoms with van der Waals surface area (Å²) in [5.41, 5.74) is 3.32. The standard InChI is InChI=1S/C30H36N4O6/c1-30-13-5-4-6-22(30)19-40-29(36)34(30)23-11-14-33(15-12-23)26-10-8-20(16-25(26)32-37)28(35)31-18-21-7-9-24(38-2)17-27(21)39-3/h4-10,13,16-17,22-23,32,37H,11-12,14-15,18-19H2,1-3H3,(H,31,35)/p+1. The highest BCUT2D eigenvalue weighted by Gasteiger charge is 2.48. The van der Waals surface area contributed by atoms with E-state index in [1.807, 2.05) is 35.3 Å². The molecule has 4 N–H and O–H groups in total. The molecule has 0 aromatic heterocycles. The van der Waals surface area contributed by atoms with E-state index in [0.29, 0.717) is 42.4 Å². The van der Waals surface area contributed by atoms with Crippen LogP contribution in [0.5, 0.6) is 11.5 Å². The zero-order valence-electron chi connectivity index (χ0n) is 23.1. The number of carbonyl (C=O) groups excluding carboxylic acids is 2. The van der Waals surface area contributed by atoms with E-state index in [4.69, 9.17) is 14.2 Å². The molecule has 212 valence electrons. The number of nitrogens with two attached hydrogens (primary N) is 1. The minimum absolute atomic E-state index is 0.0502. The molecule has 2 fully saturated rings. The summed E-state index contributed by atoms with van der Waals surface area (Å²) in [6, 6.07) is 10.8. The van der Waals surface area contributed by atoms with E-state index in [1.54, 1.807) is 32.4 Å². The molecule has 0 bridgehead atoms. The van der Waals surface area contributed by atoms with Crippen LogP contribution in [0.2, 0.25) is 0 Å². The third kappa shape index (κ3) is 5.24. The predicted molar refractivity (Wildman–Crippen MR) is 149 cm³/mol. The van der Waals surface area contributed by atoms with Crippen LogP contribution in [0.4, 0.5) is 16.2 Å². The number of hydrogen-bond acceptors (Lipinski definition) is 7. The minimum Gasteiger partial charge on any atom is -0.497 e. The van der Waals surface area contributed by atoms with Crippen molar-refractivity contribution >= 4 is 23.4 Å². The van der Waals surface area contributed by atoms with Crippen molar-refractivity contribution in [2.45, 2.75) is 37.9 Å². The number of nitrogens with one attached hydrogen (secondary N) is 1. The van der Waals surface area contributed by atoms with Crippen LogP contribution < -0.4 is 25.2 Å². The van der Waals surface area contributed by atoms with Gasteiger partial charge in [0.2, 0.25) is 0 Å². The van der Waals surface area contributed by atoms with Crippen LogP contribution in [-0.2, 0) is 11.3 Å². The van der Waals surface area contributed by atoms with E-state index in [0.717, 1.165) is 29.6 Å². The van der Waals surface area contributed by atoms with Crippen molar-refractivity contribution in [2.75, 3.05) is 38.8 Å². The maximum Gasteiger partial charge on any atom is 0.410 e. The van der Waals surface area contributed by atoms with Crippen LogP contribution >= 0.6 is 0 Å². The van der Waals surface area contributed by atoms with Gasteiger partial charge in [0, 0.05) is 54.9 Å². The fourth-order valence-corrected chi connectivity index (χ4v) is 5.95. The molecule has 1 aliphatic carbocycles. The fourth-order valence-electron chi connectivity index (χ4n) is 5.95. The van der Waals surface area contributed by atoms with Gasteiger partial charge in [-0.05, 0) is 44.0 Å². The van der Waals surface area contributed by atoms with Crippen LogP contribution in [0.1, 0.15) is 35.7 Å². The number of carbonyl (C=O) groups is 2. The maximum absolute atomic E-state index is 12.9. The number of quaternary nitrogens is 1. The summed E-state index contributed by atoms with van der Waals surface area (Å²) >= 11 is 0. The minimum atomic E-state index is -0.397. The second kappa shape index (κ2) is 11.6. The maximum atomic E-state index is 12.9. The highest BCUT2D eigenvalue weighted by molar-refractivity contribution is 5.95. The van der Waals surface area contributed by atoms with Crippen molar-refractivity contribution < 1.29 is 34.5 Å². The lowest BCUT2D eigenvalue weighted by Gasteiger charge is -2.52. The third-order valence-electron chi connectivity index (χ3n) is 8.27. The van der Waals surface area contributed by atoms with Gasteiger partial charge in [0.05, 0.1) is 19.8 Å². The van der Waals surface area contributed by atoms with Crippen molar-refractivity contribution in [3.63, 3.8) is 0 Å². The molecule has 2 aliphatic heterocycles. The summed E-state index contributed by atoms with van der Waals surface area (Å²) in [5, 5.41) is 13.0. The number of ether oxygens (including phenoxy) is 3. The molecule has 2 amide bonds. The highest BCUT2D eigenvalue weighted by atomic mass is 16.6. The molecule has 2 aromatic rings. The summed E-state index contributed by atoms with van der Waals surface area (Å²) in [5.74, 6) is 1.17. The van der Waals surface area contributed by atoms with Crippen molar-refractivity contribution in [2.24, 2.45) is 5.92 Å². The van der Waals surface area contributed by atoms with E-state index < -0.39 is 5.54 Å². The average molecular weight is 550 g/mol. The van der Waals surface area contributed by atoms with E-state index in [9.17, 15) is 14.8 Å². The number of rotatable bonds is 8. The van der Waals surface area contributed by atoms with Crippen LogP contribution in [0, 0.1) is 5.92 Å². The monoisotopic (exact) mass is 549 g/mol. The normalized spacial score (nSPS) is 22.5. The molecule has 40 heavy (non-hydrogen) atoms. The molecule has 0 spiro atoms. The summed E-state index contributed by atoms with van der Waals surface area (Å²) in [7, 11) is 3.16. The molecule has 2 atom stereocenters. The van der Waals surface area contributed by atoms with Crippen LogP contribution in [0.25, 0.3) is 0 Å². The molecule has 5 rings (SSSR count). The van der Waals surface area contributed by atoms with Gasteiger partial charge in [0.25, 0.3) is 5.91 Å². The van der Waals surface area contributed by atoms with E-state index >= 15 is 0 Å². The number of amides is 2. The molecule has 2 saturated heterocycles. The fraction of sp³-hybridized carbons (Fsp3) is 0.400. The molecule has 10 heteroatoms. The largest absolute Gasteiger partial charge is 0.497 e. The number of allylic oxidation sites excluding steroid dienone is 2. The SMILES string of the molecule is COc1ccc(CNC(=O)c2ccc(N3CCC(N4C(=O)OCC5C=CC=CC54C)CC3)c([NH2+]O)c2)c(OC)c1. The zero-order chi connectivity index (χ0) is 28.3. The molecule has 2 unspecified atom stereocenters. The van der Waals surface area contributed by atoms with Crippen molar-refractivity contribution in [1.29, 1.82) is 0 Å². The molecule has 3 aliphatic rings. The quantitative estimate of drug-likeness (QED) is 0.342. The predicted octanol–water partition coefficient (Wildman–Crippen LogP) is 3.14. The number of anilines is 1. The number of nitrogens with zero attached hydrogens (tertiary/aromatic N) is 2. The number of methoxy groups -OCH3 is 2. The van der Waals surface area contributed by atoms with Crippen molar-refractivity contribution in [3.05, 3.63) is 71.8 Å². The average Bonchev–Trinajstić information content (AvgIpc) is 2.99. The zero-order valence-corrected chi connectivity index (χ0v) is 23.1. The first-order chi connectivity index (χ1) is 19.4. The number of fused-ring (bicyclic) bond motifs is 1. The van der Waals surface area contributed by atoms with Gasteiger partial charge in [0.15, 0.2) is 5.69 Å². The Bertz CT molecular complexity index is 1320. The Hall–Kier alpha value is -4.02. The van der Waals surface area contributed by atoms with Gasteiger partial charge in [-0.3, -0.25) is 9.69 Å². The summed E-state index contributed by atoms with van der Waals surface area (Å²) in [4.78, 5) is 29.9. The van der Waals surface area contributed by atoms with Gasteiger partial charge in [-0.15, -0.1) is 0 Å². The van der Waals surface area contributed by atoms with Gasteiger partial charge in [-0.1, -0.05) is 24.3 Å². The second-order valence-electron chi connectivity index (χ2n) is 10.5. The molecule has 10 nitrogen and oxygen atoms in total. The first-order valence-electron chi connectivity index (χ1n) is 13.6. The first kappa shape index (κ1) is 27.5.